The molecule has 0 saturated carbocycles. The Morgan fingerprint density at radius 2 is 1.76 bits per heavy atom. The lowest BCUT2D eigenvalue weighted by Gasteiger charge is -2.11. The van der Waals surface area contributed by atoms with Gasteiger partial charge in [0.05, 0.1) is 0 Å². The highest BCUT2D eigenvalue weighted by atomic mass is 32.2. The maximum Gasteiger partial charge on any atom is 0.441 e. The summed E-state index contributed by atoms with van der Waals surface area (Å²) in [5, 5.41) is 0. The summed E-state index contributed by atoms with van der Waals surface area (Å²) < 4.78 is 35.5. The third-order valence-corrected chi connectivity index (χ3v) is 3.22. The SMILES string of the molecule is NC(CCCCSC(F)(F)F)c1ccccc1. The number of alkyl halides is 3. The van der Waals surface area contributed by atoms with Crippen LogP contribution in [0, 0.1) is 0 Å². The van der Waals surface area contributed by atoms with Crippen LogP contribution in [0.3, 0.4) is 0 Å². The average molecular weight is 263 g/mol. The van der Waals surface area contributed by atoms with Gasteiger partial charge in [-0.05, 0) is 18.4 Å². The standard InChI is InChI=1S/C12H16F3NS/c13-12(14,15)17-9-5-4-8-11(16)10-6-2-1-3-7-10/h1-3,6-7,11H,4-5,8-9,16H2. The van der Waals surface area contributed by atoms with E-state index in [1.54, 1.807) is 0 Å². The second-order valence-electron chi connectivity index (χ2n) is 3.81. The van der Waals surface area contributed by atoms with Crippen molar-refractivity contribution in [3.8, 4) is 0 Å². The van der Waals surface area contributed by atoms with E-state index in [0.29, 0.717) is 6.42 Å². The molecule has 0 aliphatic heterocycles. The molecule has 0 radical (unpaired) electrons. The van der Waals surface area contributed by atoms with Gasteiger partial charge in [-0.15, -0.1) is 0 Å². The average Bonchev–Trinajstić information content (AvgIpc) is 2.28. The first-order chi connectivity index (χ1) is 7.99. The zero-order valence-electron chi connectivity index (χ0n) is 9.41. The van der Waals surface area contributed by atoms with Crippen LogP contribution in [-0.4, -0.2) is 11.3 Å². The van der Waals surface area contributed by atoms with Gasteiger partial charge >= 0.3 is 5.51 Å². The van der Waals surface area contributed by atoms with Crippen molar-refractivity contribution < 1.29 is 13.2 Å². The fourth-order valence-electron chi connectivity index (χ4n) is 1.52. The number of benzene rings is 1. The molecule has 1 unspecified atom stereocenters. The molecule has 0 aliphatic carbocycles. The third-order valence-electron chi connectivity index (χ3n) is 2.40. The van der Waals surface area contributed by atoms with E-state index < -0.39 is 5.51 Å². The molecule has 0 fully saturated rings. The number of hydrogen-bond acceptors (Lipinski definition) is 2. The minimum absolute atomic E-state index is 0.0402. The Morgan fingerprint density at radius 1 is 1.12 bits per heavy atom. The summed E-state index contributed by atoms with van der Waals surface area (Å²) in [6, 6.07) is 9.54. The van der Waals surface area contributed by atoms with Crippen LogP contribution < -0.4 is 5.73 Å². The van der Waals surface area contributed by atoms with Crippen molar-refractivity contribution >= 4 is 11.8 Å². The van der Waals surface area contributed by atoms with Crippen molar-refractivity contribution in [2.75, 3.05) is 5.75 Å². The summed E-state index contributed by atoms with van der Waals surface area (Å²) >= 11 is 0.0402. The zero-order valence-corrected chi connectivity index (χ0v) is 10.2. The second kappa shape index (κ2) is 6.91. The Hall–Kier alpha value is -0.680. The van der Waals surface area contributed by atoms with Gasteiger partial charge in [-0.2, -0.15) is 13.2 Å². The van der Waals surface area contributed by atoms with E-state index in [0.717, 1.165) is 18.4 Å². The minimum Gasteiger partial charge on any atom is -0.324 e. The summed E-state index contributed by atoms with van der Waals surface area (Å²) in [6.07, 6.45) is 1.99. The maximum atomic E-state index is 11.8. The van der Waals surface area contributed by atoms with Crippen molar-refractivity contribution in [3.05, 3.63) is 35.9 Å². The van der Waals surface area contributed by atoms with Crippen molar-refractivity contribution in [2.24, 2.45) is 5.73 Å². The van der Waals surface area contributed by atoms with Gasteiger partial charge in [0, 0.05) is 11.8 Å². The quantitative estimate of drug-likeness (QED) is 0.782. The summed E-state index contributed by atoms with van der Waals surface area (Å²) in [5.41, 5.74) is 2.86. The van der Waals surface area contributed by atoms with Gasteiger partial charge in [0.15, 0.2) is 0 Å². The lowest BCUT2D eigenvalue weighted by molar-refractivity contribution is -0.0328. The fraction of sp³-hybridized carbons (Fsp3) is 0.500. The Balaban J connectivity index is 2.15. The van der Waals surface area contributed by atoms with E-state index in [-0.39, 0.29) is 23.6 Å². The molecule has 1 rings (SSSR count). The Morgan fingerprint density at radius 3 is 2.35 bits per heavy atom. The molecular formula is C12H16F3NS. The van der Waals surface area contributed by atoms with Gasteiger partial charge in [-0.25, -0.2) is 0 Å². The van der Waals surface area contributed by atoms with Gasteiger partial charge in [0.2, 0.25) is 0 Å². The zero-order chi connectivity index (χ0) is 12.7. The molecule has 1 atom stereocenters. The summed E-state index contributed by atoms with van der Waals surface area (Å²) in [6.45, 7) is 0. The lowest BCUT2D eigenvalue weighted by Crippen LogP contribution is -2.10. The van der Waals surface area contributed by atoms with Crippen molar-refractivity contribution in [2.45, 2.75) is 30.8 Å². The van der Waals surface area contributed by atoms with Crippen LogP contribution in [0.1, 0.15) is 30.9 Å². The number of thioether (sulfide) groups is 1. The number of nitrogens with two attached hydrogens (primary N) is 1. The Bertz CT molecular complexity index is 313. The Labute approximate surface area is 104 Å². The molecule has 2 N–H and O–H groups in total. The van der Waals surface area contributed by atoms with Crippen LogP contribution in [0.4, 0.5) is 13.2 Å². The minimum atomic E-state index is -4.11. The smallest absolute Gasteiger partial charge is 0.324 e. The first-order valence-electron chi connectivity index (χ1n) is 5.50. The molecule has 1 nitrogen and oxygen atoms in total. The monoisotopic (exact) mass is 263 g/mol. The summed E-state index contributed by atoms with van der Waals surface area (Å²) in [7, 11) is 0. The first kappa shape index (κ1) is 14.4. The highest BCUT2D eigenvalue weighted by Crippen LogP contribution is 2.31. The van der Waals surface area contributed by atoms with Crippen LogP contribution >= 0.6 is 11.8 Å². The van der Waals surface area contributed by atoms with Crippen molar-refractivity contribution in [1.29, 1.82) is 0 Å². The van der Waals surface area contributed by atoms with Crippen LogP contribution in [0.2, 0.25) is 0 Å². The molecule has 0 amide bonds. The van der Waals surface area contributed by atoms with E-state index in [4.69, 9.17) is 5.73 Å². The molecule has 0 aromatic heterocycles. The fourth-order valence-corrected chi connectivity index (χ4v) is 2.10. The van der Waals surface area contributed by atoms with Gasteiger partial charge in [0.1, 0.15) is 0 Å². The molecule has 96 valence electrons. The van der Waals surface area contributed by atoms with E-state index in [2.05, 4.69) is 0 Å². The molecule has 0 aliphatic rings. The van der Waals surface area contributed by atoms with E-state index >= 15 is 0 Å². The second-order valence-corrected chi connectivity index (χ2v) is 4.97. The molecule has 0 bridgehead atoms. The summed E-state index contributed by atoms with van der Waals surface area (Å²) in [5.74, 6) is 0.116. The highest BCUT2D eigenvalue weighted by molar-refractivity contribution is 8.00. The highest BCUT2D eigenvalue weighted by Gasteiger charge is 2.27. The van der Waals surface area contributed by atoms with Gasteiger partial charge < -0.3 is 5.73 Å². The van der Waals surface area contributed by atoms with Crippen molar-refractivity contribution in [1.82, 2.24) is 0 Å². The normalized spacial score (nSPS) is 13.6. The molecule has 5 heteroatoms. The van der Waals surface area contributed by atoms with Gasteiger partial charge in [0.25, 0.3) is 0 Å². The van der Waals surface area contributed by atoms with Crippen LogP contribution in [0.25, 0.3) is 0 Å². The Kier molecular flexibility index (Phi) is 5.85. The molecule has 1 aromatic carbocycles. The maximum absolute atomic E-state index is 11.8. The first-order valence-corrected chi connectivity index (χ1v) is 6.49. The number of unbranched alkanes of at least 4 members (excludes halogenated alkanes) is 1. The van der Waals surface area contributed by atoms with Crippen molar-refractivity contribution in [3.63, 3.8) is 0 Å². The van der Waals surface area contributed by atoms with E-state index in [9.17, 15) is 13.2 Å². The molecule has 0 spiro atoms. The van der Waals surface area contributed by atoms with Crippen LogP contribution in [0.15, 0.2) is 30.3 Å². The molecule has 0 saturated heterocycles. The van der Waals surface area contributed by atoms with E-state index in [1.165, 1.54) is 0 Å². The predicted molar refractivity (Wildman–Crippen MR) is 65.7 cm³/mol. The lowest BCUT2D eigenvalue weighted by atomic mass is 10.0. The molecule has 1 aromatic rings. The van der Waals surface area contributed by atoms with Crippen LogP contribution in [-0.2, 0) is 0 Å². The number of rotatable bonds is 6. The summed E-state index contributed by atoms with van der Waals surface area (Å²) in [4.78, 5) is 0. The molecule has 17 heavy (non-hydrogen) atoms. The topological polar surface area (TPSA) is 26.0 Å². The van der Waals surface area contributed by atoms with Gasteiger partial charge in [-0.1, -0.05) is 48.5 Å². The van der Waals surface area contributed by atoms with Crippen LogP contribution in [0.5, 0.6) is 0 Å². The van der Waals surface area contributed by atoms with Gasteiger partial charge in [-0.3, -0.25) is 0 Å². The number of hydrogen-bond donors (Lipinski definition) is 1. The predicted octanol–water partition coefficient (Wildman–Crippen LogP) is 4.11. The van der Waals surface area contributed by atoms with E-state index in [1.807, 2.05) is 30.3 Å². The third kappa shape index (κ3) is 6.58. The molecular weight excluding hydrogens is 247 g/mol. The number of halogens is 3. The molecule has 0 heterocycles. The largest absolute Gasteiger partial charge is 0.441 e.